The van der Waals surface area contributed by atoms with Gasteiger partial charge in [-0.05, 0) is 23.8 Å². The van der Waals surface area contributed by atoms with Gasteiger partial charge in [0.15, 0.2) is 0 Å². The Kier molecular flexibility index (Phi) is 5.73. The number of carbonyl (C=O) groups excluding carboxylic acids is 1. The topological polar surface area (TPSA) is 85.2 Å². The maximum absolute atomic E-state index is 12.1. The summed E-state index contributed by atoms with van der Waals surface area (Å²) >= 11 is 0. The Morgan fingerprint density at radius 3 is 2.61 bits per heavy atom. The van der Waals surface area contributed by atoms with E-state index in [0.717, 1.165) is 5.56 Å². The van der Waals surface area contributed by atoms with Gasteiger partial charge in [0.1, 0.15) is 0 Å². The Labute approximate surface area is 135 Å². The molecule has 5 nitrogen and oxygen atoms in total. The molecule has 0 aliphatic heterocycles. The van der Waals surface area contributed by atoms with Gasteiger partial charge in [0.05, 0.1) is 24.3 Å². The molecule has 2 rings (SSSR count). The van der Waals surface area contributed by atoms with Crippen molar-refractivity contribution < 1.29 is 9.90 Å². The molecule has 118 valence electrons. The van der Waals surface area contributed by atoms with E-state index in [1.54, 1.807) is 24.3 Å². The van der Waals surface area contributed by atoms with Gasteiger partial charge in [-0.1, -0.05) is 43.3 Å². The van der Waals surface area contributed by atoms with Crippen molar-refractivity contribution in [1.29, 1.82) is 5.26 Å². The van der Waals surface area contributed by atoms with Crippen molar-refractivity contribution in [3.63, 3.8) is 0 Å². The van der Waals surface area contributed by atoms with E-state index in [0.29, 0.717) is 11.3 Å². The smallest absolute Gasteiger partial charge is 0.319 e. The number of benzene rings is 2. The fourth-order valence-corrected chi connectivity index (χ4v) is 2.32. The third-order valence-corrected chi connectivity index (χ3v) is 3.69. The van der Waals surface area contributed by atoms with E-state index in [1.807, 2.05) is 43.3 Å². The zero-order valence-electron chi connectivity index (χ0n) is 12.9. The third kappa shape index (κ3) is 4.56. The van der Waals surface area contributed by atoms with E-state index in [-0.39, 0.29) is 12.5 Å². The van der Waals surface area contributed by atoms with Crippen LogP contribution in [0.3, 0.4) is 0 Å². The van der Waals surface area contributed by atoms with Gasteiger partial charge in [-0.3, -0.25) is 0 Å². The first-order chi connectivity index (χ1) is 11.1. The lowest BCUT2D eigenvalue weighted by Crippen LogP contribution is -2.43. The highest BCUT2D eigenvalue weighted by Gasteiger charge is 2.20. The lowest BCUT2D eigenvalue weighted by Gasteiger charge is -2.24. The molecule has 0 radical (unpaired) electrons. The van der Waals surface area contributed by atoms with Crippen LogP contribution in [0.4, 0.5) is 10.5 Å². The number of nitriles is 1. The number of nitrogens with zero attached hydrogens (tertiary/aromatic N) is 1. The molecule has 0 unspecified atom stereocenters. The molecule has 0 aliphatic carbocycles. The van der Waals surface area contributed by atoms with Gasteiger partial charge >= 0.3 is 6.03 Å². The van der Waals surface area contributed by atoms with Gasteiger partial charge < -0.3 is 15.7 Å². The van der Waals surface area contributed by atoms with Crippen LogP contribution in [0.25, 0.3) is 0 Å². The lowest BCUT2D eigenvalue weighted by molar-refractivity contribution is 0.215. The van der Waals surface area contributed by atoms with Crippen LogP contribution >= 0.6 is 0 Å². The van der Waals surface area contributed by atoms with Crippen LogP contribution < -0.4 is 10.6 Å². The Morgan fingerprint density at radius 1 is 1.22 bits per heavy atom. The number of urea groups is 1. The fraction of sp³-hybridized carbons (Fsp3) is 0.222. The highest BCUT2D eigenvalue weighted by atomic mass is 16.3. The summed E-state index contributed by atoms with van der Waals surface area (Å²) in [6.07, 6.45) is 0. The summed E-state index contributed by atoms with van der Waals surface area (Å²) in [6.45, 7) is 1.79. The minimum absolute atomic E-state index is 0.0302. The lowest BCUT2D eigenvalue weighted by atomic mass is 9.94. The monoisotopic (exact) mass is 309 g/mol. The highest BCUT2D eigenvalue weighted by molar-refractivity contribution is 5.89. The second-order valence-electron chi connectivity index (χ2n) is 5.28. The molecule has 0 heterocycles. The maximum Gasteiger partial charge on any atom is 0.319 e. The summed E-state index contributed by atoms with van der Waals surface area (Å²) in [7, 11) is 0. The number of nitrogens with one attached hydrogen (secondary N) is 2. The Bertz CT molecular complexity index is 695. The van der Waals surface area contributed by atoms with Crippen LogP contribution in [0.15, 0.2) is 54.6 Å². The zero-order valence-corrected chi connectivity index (χ0v) is 12.9. The third-order valence-electron chi connectivity index (χ3n) is 3.69. The first-order valence-corrected chi connectivity index (χ1v) is 7.37. The minimum Gasteiger partial charge on any atom is -0.394 e. The van der Waals surface area contributed by atoms with E-state index >= 15 is 0 Å². The largest absolute Gasteiger partial charge is 0.394 e. The van der Waals surface area contributed by atoms with Gasteiger partial charge in [-0.15, -0.1) is 0 Å². The molecule has 0 saturated heterocycles. The molecule has 2 amide bonds. The molecule has 3 N–H and O–H groups in total. The molecular weight excluding hydrogens is 290 g/mol. The molecule has 2 aromatic rings. The van der Waals surface area contributed by atoms with Gasteiger partial charge in [0.25, 0.3) is 0 Å². The Morgan fingerprint density at radius 2 is 1.96 bits per heavy atom. The molecule has 0 saturated carbocycles. The van der Waals surface area contributed by atoms with Crippen molar-refractivity contribution >= 4 is 11.7 Å². The van der Waals surface area contributed by atoms with Crippen molar-refractivity contribution in [3.05, 3.63) is 65.7 Å². The van der Waals surface area contributed by atoms with Crippen LogP contribution in [0.1, 0.15) is 24.0 Å². The van der Waals surface area contributed by atoms with Crippen molar-refractivity contribution in [2.45, 2.75) is 18.9 Å². The average Bonchev–Trinajstić information content (AvgIpc) is 2.60. The van der Waals surface area contributed by atoms with Crippen LogP contribution in [-0.2, 0) is 0 Å². The average molecular weight is 309 g/mol. The number of aliphatic hydroxyl groups excluding tert-OH is 1. The number of carbonyl (C=O) groups is 1. The number of rotatable bonds is 5. The van der Waals surface area contributed by atoms with Gasteiger partial charge in [0.2, 0.25) is 0 Å². The zero-order chi connectivity index (χ0) is 16.7. The summed E-state index contributed by atoms with van der Waals surface area (Å²) < 4.78 is 0. The SMILES string of the molecule is C[C@@H](c1ccccc1)[C@H](CO)NC(=O)Nc1cccc(C#N)c1. The second kappa shape index (κ2) is 7.97. The number of hydrogen-bond donors (Lipinski definition) is 3. The van der Waals surface area contributed by atoms with Crippen molar-refractivity contribution in [2.75, 3.05) is 11.9 Å². The second-order valence-corrected chi connectivity index (χ2v) is 5.28. The van der Waals surface area contributed by atoms with E-state index < -0.39 is 12.1 Å². The molecule has 2 atom stereocenters. The highest BCUT2D eigenvalue weighted by Crippen LogP contribution is 2.19. The number of amides is 2. The first-order valence-electron chi connectivity index (χ1n) is 7.37. The van der Waals surface area contributed by atoms with Crippen LogP contribution in [0, 0.1) is 11.3 Å². The van der Waals surface area contributed by atoms with E-state index in [2.05, 4.69) is 10.6 Å². The molecule has 5 heteroatoms. The van der Waals surface area contributed by atoms with E-state index in [4.69, 9.17) is 5.26 Å². The number of aliphatic hydroxyl groups is 1. The molecule has 0 spiro atoms. The minimum atomic E-state index is -0.415. The number of hydrogen-bond acceptors (Lipinski definition) is 3. The van der Waals surface area contributed by atoms with Crippen molar-refractivity contribution in [2.24, 2.45) is 0 Å². The van der Waals surface area contributed by atoms with E-state index in [1.165, 1.54) is 0 Å². The predicted molar refractivity (Wildman–Crippen MR) is 89.0 cm³/mol. The molecular formula is C18H19N3O2. The van der Waals surface area contributed by atoms with Gasteiger partial charge in [-0.2, -0.15) is 5.26 Å². The van der Waals surface area contributed by atoms with Crippen molar-refractivity contribution in [3.8, 4) is 6.07 Å². The maximum atomic E-state index is 12.1. The summed E-state index contributed by atoms with van der Waals surface area (Å²) in [5, 5.41) is 23.9. The summed E-state index contributed by atoms with van der Waals surface area (Å²) in [6, 6.07) is 17.6. The molecule has 0 aromatic heterocycles. The molecule has 0 fully saturated rings. The first kappa shape index (κ1) is 16.5. The van der Waals surface area contributed by atoms with Crippen LogP contribution in [0.5, 0.6) is 0 Å². The summed E-state index contributed by atoms with van der Waals surface area (Å²) in [5.74, 6) is -0.0302. The Balaban J connectivity index is 2.01. The molecule has 2 aromatic carbocycles. The summed E-state index contributed by atoms with van der Waals surface area (Å²) in [5.41, 5.74) is 2.04. The predicted octanol–water partition coefficient (Wildman–Crippen LogP) is 2.84. The quantitative estimate of drug-likeness (QED) is 0.794. The van der Waals surface area contributed by atoms with Gasteiger partial charge in [-0.25, -0.2) is 4.79 Å². The standard InChI is InChI=1S/C18H19N3O2/c1-13(15-7-3-2-4-8-15)17(12-22)21-18(23)20-16-9-5-6-14(10-16)11-19/h2-10,13,17,22H,12H2,1H3,(H2,20,21,23)/t13-,17-/m0/s1. The molecule has 0 bridgehead atoms. The van der Waals surface area contributed by atoms with Gasteiger partial charge in [0, 0.05) is 11.6 Å². The fourth-order valence-electron chi connectivity index (χ4n) is 2.32. The molecule has 23 heavy (non-hydrogen) atoms. The Hall–Kier alpha value is -2.84. The number of anilines is 1. The van der Waals surface area contributed by atoms with Crippen LogP contribution in [-0.4, -0.2) is 23.8 Å². The normalized spacial score (nSPS) is 12.7. The van der Waals surface area contributed by atoms with Crippen LogP contribution in [0.2, 0.25) is 0 Å². The summed E-state index contributed by atoms with van der Waals surface area (Å²) in [4.78, 5) is 12.1. The van der Waals surface area contributed by atoms with Crippen molar-refractivity contribution in [1.82, 2.24) is 5.32 Å². The van der Waals surface area contributed by atoms with E-state index in [9.17, 15) is 9.90 Å². The molecule has 0 aliphatic rings.